The van der Waals surface area contributed by atoms with Gasteiger partial charge in [0.2, 0.25) is 0 Å². The molecular weight excluding hydrogens is 827 g/mol. The first-order valence-electron chi connectivity index (χ1n) is 18.2. The molecular formula is C44H56IrN3O2S-. The quantitative estimate of drug-likeness (QED) is 0.0812. The molecule has 51 heavy (non-hydrogen) atoms. The van der Waals surface area contributed by atoms with Crippen LogP contribution < -0.4 is 0 Å². The number of nitrogens with zero attached hydrogens (tertiary/aromatic N) is 3. The Bertz CT molecular complexity index is 1960. The molecule has 0 aliphatic rings. The van der Waals surface area contributed by atoms with Gasteiger partial charge in [0.15, 0.2) is 5.78 Å². The zero-order chi connectivity index (χ0) is 36.9. The Morgan fingerprint density at radius 2 is 1.51 bits per heavy atom. The van der Waals surface area contributed by atoms with E-state index >= 15 is 0 Å². The Kier molecular flexibility index (Phi) is 14.5. The van der Waals surface area contributed by atoms with Gasteiger partial charge in [-0.3, -0.25) is 14.8 Å². The maximum Gasteiger partial charge on any atom is 0.164 e. The largest absolute Gasteiger partial charge is 0.512 e. The summed E-state index contributed by atoms with van der Waals surface area (Å²) in [5.74, 6) is 0.883. The number of hydrogen-bond donors (Lipinski definition) is 1. The van der Waals surface area contributed by atoms with Crippen molar-refractivity contribution in [2.75, 3.05) is 0 Å². The van der Waals surface area contributed by atoms with Crippen LogP contribution in [-0.2, 0) is 36.7 Å². The van der Waals surface area contributed by atoms with Crippen LogP contribution in [0.2, 0.25) is 0 Å². The van der Waals surface area contributed by atoms with Gasteiger partial charge in [-0.15, -0.1) is 40.5 Å². The molecule has 0 saturated heterocycles. The van der Waals surface area contributed by atoms with Crippen LogP contribution in [-0.4, -0.2) is 25.8 Å². The summed E-state index contributed by atoms with van der Waals surface area (Å²) in [7, 11) is 0. The van der Waals surface area contributed by atoms with Gasteiger partial charge < -0.3 is 5.11 Å². The fourth-order valence-corrected chi connectivity index (χ4v) is 7.16. The average molecular weight is 883 g/mol. The molecule has 0 amide bonds. The van der Waals surface area contributed by atoms with Crippen LogP contribution in [0.25, 0.3) is 43.5 Å². The molecule has 0 fully saturated rings. The van der Waals surface area contributed by atoms with Crippen molar-refractivity contribution in [3.8, 4) is 22.5 Å². The molecule has 0 atom stereocenters. The second-order valence-electron chi connectivity index (χ2n) is 15.5. The van der Waals surface area contributed by atoms with E-state index in [1.807, 2.05) is 47.7 Å². The minimum Gasteiger partial charge on any atom is -0.512 e. The minimum absolute atomic E-state index is 0. The first-order chi connectivity index (χ1) is 23.6. The first-order valence-corrected chi connectivity index (χ1v) is 19.1. The average Bonchev–Trinajstić information content (AvgIpc) is 3.52. The zero-order valence-electron chi connectivity index (χ0n) is 32.4. The second-order valence-corrected chi connectivity index (χ2v) is 16.4. The number of carbonyl (C=O) groups is 1. The summed E-state index contributed by atoms with van der Waals surface area (Å²) in [6, 6.07) is 18.5. The van der Waals surface area contributed by atoms with E-state index in [1.54, 1.807) is 17.7 Å². The van der Waals surface area contributed by atoms with Crippen molar-refractivity contribution in [2.45, 2.75) is 114 Å². The molecule has 0 unspecified atom stereocenters. The molecule has 3 heterocycles. The SMILES string of the molecule is CC(C)Cc1csc2c(-c3cc(-c4[c-]c5ccccc5c(C(C)(C)C)c4)ncn3)ccnc12.CCC(C)(CC)C(=O)/C=C(\O)C(C)(CC)CC.[Ir]. The van der Waals surface area contributed by atoms with E-state index in [-0.39, 0.29) is 47.9 Å². The molecule has 5 rings (SSSR count). The third-order valence-corrected chi connectivity index (χ3v) is 11.6. The Balaban J connectivity index is 0.000000335. The monoisotopic (exact) mass is 883 g/mol. The Morgan fingerprint density at radius 3 is 2.12 bits per heavy atom. The number of thiophene rings is 1. The van der Waals surface area contributed by atoms with Crippen LogP contribution in [0, 0.1) is 22.8 Å². The van der Waals surface area contributed by atoms with E-state index in [9.17, 15) is 9.90 Å². The summed E-state index contributed by atoms with van der Waals surface area (Å²) in [4.78, 5) is 26.2. The van der Waals surface area contributed by atoms with Crippen LogP contribution in [0.1, 0.15) is 113 Å². The van der Waals surface area contributed by atoms with Crippen molar-refractivity contribution in [3.63, 3.8) is 0 Å². The number of aliphatic hydroxyl groups excluding tert-OH is 1. The van der Waals surface area contributed by atoms with E-state index < -0.39 is 0 Å². The molecule has 0 spiro atoms. The van der Waals surface area contributed by atoms with Crippen LogP contribution in [0.15, 0.2) is 72.2 Å². The molecule has 1 N–H and O–H groups in total. The molecule has 7 heteroatoms. The molecule has 0 saturated carbocycles. The molecule has 0 aliphatic carbocycles. The maximum absolute atomic E-state index is 12.2. The number of pyridine rings is 1. The van der Waals surface area contributed by atoms with Crippen molar-refractivity contribution in [1.29, 1.82) is 0 Å². The number of rotatable bonds is 11. The standard InChI is InChI=1S/C29H28N3S.C15H28O2.Ir/c1-18(2)12-21-16-33-28-23(10-11-30-27(21)28)26-15-25(31-17-32-26)20-13-19-8-6-7-9-22(19)24(14-20)29(3,4)5;1-7-14(5,8-2)12(16)11-13(17)15(6,9-3)10-4;/h6-11,14-18H,12H2,1-5H3;11,16H,7-10H2,1-6H3;/q-1;;/b;12-11-;. The molecule has 1 radical (unpaired) electrons. The van der Waals surface area contributed by atoms with Crippen LogP contribution >= 0.6 is 11.3 Å². The van der Waals surface area contributed by atoms with E-state index in [2.05, 4.69) is 98.5 Å². The van der Waals surface area contributed by atoms with Gasteiger partial charge in [-0.05, 0) is 66.5 Å². The van der Waals surface area contributed by atoms with Crippen molar-refractivity contribution in [3.05, 3.63) is 89.4 Å². The van der Waals surface area contributed by atoms with Crippen LogP contribution in [0.3, 0.4) is 0 Å². The summed E-state index contributed by atoms with van der Waals surface area (Å²) in [6.45, 7) is 23.3. The number of fused-ring (bicyclic) bond motifs is 2. The maximum atomic E-state index is 12.2. The van der Waals surface area contributed by atoms with Crippen LogP contribution in [0.4, 0.5) is 0 Å². The van der Waals surface area contributed by atoms with E-state index in [1.165, 1.54) is 27.3 Å². The van der Waals surface area contributed by atoms with Gasteiger partial charge in [0.05, 0.1) is 15.9 Å². The number of allylic oxidation sites excluding steroid dienone is 2. The van der Waals surface area contributed by atoms with E-state index in [4.69, 9.17) is 4.98 Å². The van der Waals surface area contributed by atoms with Crippen LogP contribution in [0.5, 0.6) is 0 Å². The van der Waals surface area contributed by atoms with Crippen molar-refractivity contribution in [2.24, 2.45) is 16.7 Å². The normalized spacial score (nSPS) is 12.5. The number of hydrogen-bond acceptors (Lipinski definition) is 6. The van der Waals surface area contributed by atoms with Gasteiger partial charge in [-0.1, -0.05) is 105 Å². The van der Waals surface area contributed by atoms with Gasteiger partial charge in [-0.2, -0.15) is 0 Å². The summed E-state index contributed by atoms with van der Waals surface area (Å²) >= 11 is 1.76. The van der Waals surface area contributed by atoms with Gasteiger partial charge >= 0.3 is 0 Å². The van der Waals surface area contributed by atoms with Crippen molar-refractivity contribution < 1.29 is 30.0 Å². The number of aromatic nitrogens is 3. The first kappa shape index (κ1) is 42.2. The van der Waals surface area contributed by atoms with E-state index in [0.717, 1.165) is 65.5 Å². The van der Waals surface area contributed by atoms with Gasteiger partial charge in [0, 0.05) is 54.5 Å². The predicted octanol–water partition coefficient (Wildman–Crippen LogP) is 12.5. The Morgan fingerprint density at radius 1 is 0.882 bits per heavy atom. The predicted molar refractivity (Wildman–Crippen MR) is 213 cm³/mol. The summed E-state index contributed by atoms with van der Waals surface area (Å²) < 4.78 is 1.19. The number of carbonyl (C=O) groups excluding carboxylic acids is 1. The fraction of sp³-hybridized carbons (Fsp3) is 0.455. The fourth-order valence-electron chi connectivity index (χ4n) is 6.09. The number of aliphatic hydroxyl groups is 1. The Hall–Kier alpha value is -3.25. The summed E-state index contributed by atoms with van der Waals surface area (Å²) in [6.07, 6.45) is 9.35. The molecule has 275 valence electrons. The summed E-state index contributed by atoms with van der Waals surface area (Å²) in [5.41, 5.74) is 7.05. The number of ketones is 1. The molecule has 0 aliphatic heterocycles. The van der Waals surface area contributed by atoms with Gasteiger partial charge in [0.1, 0.15) is 12.1 Å². The van der Waals surface area contributed by atoms with Gasteiger partial charge in [-0.25, -0.2) is 4.98 Å². The summed E-state index contributed by atoms with van der Waals surface area (Å²) in [5, 5.41) is 14.7. The topological polar surface area (TPSA) is 76.0 Å². The van der Waals surface area contributed by atoms with Crippen molar-refractivity contribution >= 4 is 38.1 Å². The molecule has 2 aromatic carbocycles. The smallest absolute Gasteiger partial charge is 0.164 e. The molecule has 5 aromatic rings. The molecule has 5 nitrogen and oxygen atoms in total. The molecule has 0 bridgehead atoms. The van der Waals surface area contributed by atoms with Crippen molar-refractivity contribution in [1.82, 2.24) is 15.0 Å². The minimum atomic E-state index is -0.337. The Labute approximate surface area is 323 Å². The zero-order valence-corrected chi connectivity index (χ0v) is 35.6. The number of benzene rings is 2. The molecule has 3 aromatic heterocycles. The third-order valence-electron chi connectivity index (χ3n) is 10.6. The third kappa shape index (κ3) is 9.60. The van der Waals surface area contributed by atoms with Gasteiger partial charge in [0.25, 0.3) is 0 Å². The second kappa shape index (κ2) is 17.5. The van der Waals surface area contributed by atoms with E-state index in [0.29, 0.717) is 5.92 Å².